The van der Waals surface area contributed by atoms with Crippen molar-refractivity contribution in [3.63, 3.8) is 0 Å². The number of rotatable bonds is 3. The standard InChI is InChI=1S/C17H36O2/c1-13(2,3)12-16(10,14(4,5)6)17(11,18)19-15(7,8)9/h18H,12H2,1-11H3. The van der Waals surface area contributed by atoms with Gasteiger partial charge in [0.15, 0.2) is 5.79 Å². The summed E-state index contributed by atoms with van der Waals surface area (Å²) in [5.74, 6) is -1.17. The van der Waals surface area contributed by atoms with E-state index >= 15 is 0 Å². The maximum atomic E-state index is 11.0. The second-order valence-electron chi connectivity index (χ2n) is 9.52. The van der Waals surface area contributed by atoms with E-state index in [0.717, 1.165) is 6.42 Å². The van der Waals surface area contributed by atoms with Crippen molar-refractivity contribution in [2.45, 2.75) is 94.0 Å². The summed E-state index contributed by atoms with van der Waals surface area (Å²) < 4.78 is 6.02. The molecular formula is C17H36O2. The van der Waals surface area contributed by atoms with Crippen molar-refractivity contribution in [1.82, 2.24) is 0 Å². The van der Waals surface area contributed by atoms with Crippen LogP contribution in [0.5, 0.6) is 0 Å². The summed E-state index contributed by atoms with van der Waals surface area (Å²) in [7, 11) is 0. The fourth-order valence-corrected chi connectivity index (χ4v) is 2.89. The van der Waals surface area contributed by atoms with Crippen LogP contribution in [0.15, 0.2) is 0 Å². The molecule has 0 aromatic carbocycles. The number of hydrogen-bond donors (Lipinski definition) is 1. The van der Waals surface area contributed by atoms with Gasteiger partial charge in [-0.15, -0.1) is 0 Å². The van der Waals surface area contributed by atoms with Gasteiger partial charge in [-0.2, -0.15) is 0 Å². The lowest BCUT2D eigenvalue weighted by atomic mass is 9.57. The highest BCUT2D eigenvalue weighted by molar-refractivity contribution is 4.98. The van der Waals surface area contributed by atoms with E-state index in [4.69, 9.17) is 4.74 Å². The predicted molar refractivity (Wildman–Crippen MR) is 83.1 cm³/mol. The van der Waals surface area contributed by atoms with E-state index in [2.05, 4.69) is 48.5 Å². The van der Waals surface area contributed by atoms with Crippen LogP contribution in [0.3, 0.4) is 0 Å². The third-order valence-electron chi connectivity index (χ3n) is 4.07. The fraction of sp³-hybridized carbons (Fsp3) is 1.00. The van der Waals surface area contributed by atoms with Gasteiger partial charge in [0.1, 0.15) is 0 Å². The molecule has 0 rings (SSSR count). The summed E-state index contributed by atoms with van der Waals surface area (Å²) in [6, 6.07) is 0. The first-order chi connectivity index (χ1) is 7.91. The Labute approximate surface area is 120 Å². The first kappa shape index (κ1) is 18.9. The number of ether oxygens (including phenoxy) is 1. The molecule has 2 unspecified atom stereocenters. The lowest BCUT2D eigenvalue weighted by molar-refractivity contribution is -0.323. The minimum absolute atomic E-state index is 0.0605. The van der Waals surface area contributed by atoms with Crippen LogP contribution >= 0.6 is 0 Å². The van der Waals surface area contributed by atoms with Gasteiger partial charge in [-0.3, -0.25) is 0 Å². The van der Waals surface area contributed by atoms with E-state index < -0.39 is 5.79 Å². The Morgan fingerprint density at radius 2 is 1.11 bits per heavy atom. The Kier molecular flexibility index (Phi) is 5.01. The van der Waals surface area contributed by atoms with E-state index in [1.54, 1.807) is 0 Å². The predicted octanol–water partition coefficient (Wildman–Crippen LogP) is 5.00. The molecule has 0 aromatic heterocycles. The average Bonchev–Trinajstić information content (AvgIpc) is 1.92. The Balaban J connectivity index is 5.61. The first-order valence-electron chi connectivity index (χ1n) is 7.34. The average molecular weight is 272 g/mol. The van der Waals surface area contributed by atoms with Crippen molar-refractivity contribution >= 4 is 0 Å². The summed E-state index contributed by atoms with van der Waals surface area (Å²) >= 11 is 0. The second kappa shape index (κ2) is 5.04. The monoisotopic (exact) mass is 272 g/mol. The fourth-order valence-electron chi connectivity index (χ4n) is 2.89. The van der Waals surface area contributed by atoms with Gasteiger partial charge in [0.25, 0.3) is 0 Å². The van der Waals surface area contributed by atoms with E-state index in [0.29, 0.717) is 0 Å². The van der Waals surface area contributed by atoms with Crippen LogP contribution in [0.4, 0.5) is 0 Å². The lowest BCUT2D eigenvalue weighted by Gasteiger charge is -2.55. The smallest absolute Gasteiger partial charge is 0.169 e. The molecule has 0 spiro atoms. The Bertz CT molecular complexity index is 297. The number of hydrogen-bond acceptors (Lipinski definition) is 2. The van der Waals surface area contributed by atoms with Crippen molar-refractivity contribution in [2.75, 3.05) is 0 Å². The van der Waals surface area contributed by atoms with Gasteiger partial charge < -0.3 is 9.84 Å². The Morgan fingerprint density at radius 3 is 1.32 bits per heavy atom. The molecule has 0 fully saturated rings. The lowest BCUT2D eigenvalue weighted by Crippen LogP contribution is -2.57. The molecule has 0 saturated carbocycles. The van der Waals surface area contributed by atoms with E-state index in [1.165, 1.54) is 0 Å². The van der Waals surface area contributed by atoms with Crippen LogP contribution in [0.25, 0.3) is 0 Å². The SMILES string of the molecule is CC(C)(C)CC(C)(C(C)(C)C)C(C)(O)OC(C)(C)C. The molecule has 0 aliphatic heterocycles. The Hall–Kier alpha value is -0.0800. The molecule has 116 valence electrons. The summed E-state index contributed by atoms with van der Waals surface area (Å²) in [5.41, 5.74) is -0.637. The summed E-state index contributed by atoms with van der Waals surface area (Å²) in [4.78, 5) is 0. The molecule has 0 amide bonds. The van der Waals surface area contributed by atoms with Crippen LogP contribution in [-0.4, -0.2) is 16.5 Å². The normalized spacial score (nSPS) is 20.8. The molecular weight excluding hydrogens is 236 g/mol. The quantitative estimate of drug-likeness (QED) is 0.733. The van der Waals surface area contributed by atoms with Crippen molar-refractivity contribution in [3.05, 3.63) is 0 Å². The highest BCUT2D eigenvalue weighted by atomic mass is 16.6. The van der Waals surface area contributed by atoms with Crippen LogP contribution in [0.1, 0.15) is 82.6 Å². The molecule has 0 saturated heterocycles. The van der Waals surface area contributed by atoms with Crippen molar-refractivity contribution in [1.29, 1.82) is 0 Å². The van der Waals surface area contributed by atoms with Gasteiger partial charge in [0.05, 0.1) is 5.60 Å². The van der Waals surface area contributed by atoms with Crippen LogP contribution in [0, 0.1) is 16.2 Å². The third kappa shape index (κ3) is 5.07. The maximum absolute atomic E-state index is 11.0. The third-order valence-corrected chi connectivity index (χ3v) is 4.07. The van der Waals surface area contributed by atoms with Gasteiger partial charge in [-0.1, -0.05) is 48.5 Å². The summed E-state index contributed by atoms with van der Waals surface area (Å²) in [6.45, 7) is 23.1. The van der Waals surface area contributed by atoms with Crippen molar-refractivity contribution in [2.24, 2.45) is 16.2 Å². The molecule has 0 bridgehead atoms. The van der Waals surface area contributed by atoms with Crippen LogP contribution in [-0.2, 0) is 4.74 Å². The molecule has 0 radical (unpaired) electrons. The minimum atomic E-state index is -1.17. The van der Waals surface area contributed by atoms with Gasteiger partial charge in [-0.05, 0) is 44.9 Å². The molecule has 2 nitrogen and oxygen atoms in total. The van der Waals surface area contributed by atoms with Gasteiger partial charge in [0, 0.05) is 5.41 Å². The second-order valence-corrected chi connectivity index (χ2v) is 9.52. The highest BCUT2D eigenvalue weighted by Gasteiger charge is 2.54. The summed E-state index contributed by atoms with van der Waals surface area (Å²) in [6.07, 6.45) is 0.895. The van der Waals surface area contributed by atoms with E-state index in [1.807, 2.05) is 27.7 Å². The maximum Gasteiger partial charge on any atom is 0.169 e. The number of aliphatic hydroxyl groups is 1. The van der Waals surface area contributed by atoms with Gasteiger partial charge in [0.2, 0.25) is 0 Å². The minimum Gasteiger partial charge on any atom is -0.365 e. The van der Waals surface area contributed by atoms with Gasteiger partial charge in [-0.25, -0.2) is 0 Å². The molecule has 19 heavy (non-hydrogen) atoms. The van der Waals surface area contributed by atoms with Gasteiger partial charge >= 0.3 is 0 Å². The molecule has 0 heterocycles. The highest BCUT2D eigenvalue weighted by Crippen LogP contribution is 2.54. The molecule has 2 atom stereocenters. The topological polar surface area (TPSA) is 29.5 Å². The van der Waals surface area contributed by atoms with Crippen LogP contribution < -0.4 is 0 Å². The largest absolute Gasteiger partial charge is 0.365 e. The molecule has 0 aliphatic rings. The molecule has 0 aromatic rings. The van der Waals surface area contributed by atoms with Crippen molar-refractivity contribution in [3.8, 4) is 0 Å². The Morgan fingerprint density at radius 1 is 0.737 bits per heavy atom. The van der Waals surface area contributed by atoms with Crippen LogP contribution in [0.2, 0.25) is 0 Å². The van der Waals surface area contributed by atoms with Crippen molar-refractivity contribution < 1.29 is 9.84 Å². The summed E-state index contributed by atoms with van der Waals surface area (Å²) in [5, 5.41) is 11.0. The molecule has 0 aliphatic carbocycles. The molecule has 1 N–H and O–H groups in total. The zero-order valence-corrected chi connectivity index (χ0v) is 15.1. The zero-order chi connectivity index (χ0) is 15.9. The van der Waals surface area contributed by atoms with E-state index in [9.17, 15) is 5.11 Å². The first-order valence-corrected chi connectivity index (χ1v) is 7.34. The zero-order valence-electron chi connectivity index (χ0n) is 15.1. The molecule has 2 heteroatoms. The van der Waals surface area contributed by atoms with E-state index in [-0.39, 0.29) is 21.8 Å².